The molecule has 8 nitrogen and oxygen atoms in total. The molecule has 0 aliphatic heterocycles. The van der Waals surface area contributed by atoms with Crippen LogP contribution in [-0.2, 0) is 6.42 Å². The first-order valence-corrected chi connectivity index (χ1v) is 9.15. The Kier molecular flexibility index (Phi) is 8.50. The number of halogens is 1. The minimum Gasteiger partial charge on any atom is -0.493 e. The quantitative estimate of drug-likeness (QED) is 0.431. The maximum atomic E-state index is 10.2. The number of methoxy groups -OCH3 is 2. The van der Waals surface area contributed by atoms with Crippen molar-refractivity contribution in [1.29, 1.82) is 0 Å². The topological polar surface area (TPSA) is 102 Å². The molecule has 0 radical (unpaired) electrons. The van der Waals surface area contributed by atoms with Crippen molar-refractivity contribution in [3.8, 4) is 17.2 Å². The maximum Gasteiger partial charge on any atom is 0.160 e. The first-order valence-electron chi connectivity index (χ1n) is 9.15. The van der Waals surface area contributed by atoms with Crippen LogP contribution in [0.2, 0.25) is 0 Å². The molecule has 3 rings (SSSR count). The molecular weight excluding hydrogens is 396 g/mol. The second kappa shape index (κ2) is 10.8. The molecule has 3 aromatic rings. The fourth-order valence-corrected chi connectivity index (χ4v) is 2.94. The molecule has 1 aromatic heterocycles. The summed E-state index contributed by atoms with van der Waals surface area (Å²) < 4.78 is 16.3. The van der Waals surface area contributed by atoms with E-state index < -0.39 is 6.10 Å². The van der Waals surface area contributed by atoms with Crippen LogP contribution in [-0.4, -0.2) is 60.5 Å². The summed E-state index contributed by atoms with van der Waals surface area (Å²) in [6, 6.07) is 9.62. The first kappa shape index (κ1) is 22.7. The van der Waals surface area contributed by atoms with Crippen molar-refractivity contribution >= 4 is 23.4 Å². The SMILES string of the molecule is COc1ccc(CCNCC(O)COc2ccc(C)c3n[nH]nc23)cc1OC.Cl. The summed E-state index contributed by atoms with van der Waals surface area (Å²) in [6.45, 7) is 3.30. The van der Waals surface area contributed by atoms with Gasteiger partial charge in [0.2, 0.25) is 0 Å². The van der Waals surface area contributed by atoms with Gasteiger partial charge in [0.15, 0.2) is 17.0 Å². The monoisotopic (exact) mass is 422 g/mol. The van der Waals surface area contributed by atoms with Crippen molar-refractivity contribution in [3.63, 3.8) is 0 Å². The van der Waals surface area contributed by atoms with Gasteiger partial charge in [0.25, 0.3) is 0 Å². The van der Waals surface area contributed by atoms with E-state index in [1.54, 1.807) is 14.2 Å². The van der Waals surface area contributed by atoms with Gasteiger partial charge >= 0.3 is 0 Å². The molecule has 0 bridgehead atoms. The van der Waals surface area contributed by atoms with Crippen LogP contribution in [0.1, 0.15) is 11.1 Å². The Bertz CT molecular complexity index is 919. The van der Waals surface area contributed by atoms with Crippen molar-refractivity contribution in [2.45, 2.75) is 19.4 Å². The van der Waals surface area contributed by atoms with Gasteiger partial charge in [-0.15, -0.1) is 12.4 Å². The summed E-state index contributed by atoms with van der Waals surface area (Å²) in [7, 11) is 3.24. The van der Waals surface area contributed by atoms with Crippen LogP contribution < -0.4 is 19.5 Å². The normalized spacial score (nSPS) is 11.7. The van der Waals surface area contributed by atoms with Crippen LogP contribution in [0.15, 0.2) is 30.3 Å². The van der Waals surface area contributed by atoms with E-state index in [1.807, 2.05) is 37.3 Å². The zero-order valence-corrected chi connectivity index (χ0v) is 17.6. The number of nitrogens with one attached hydrogen (secondary N) is 2. The van der Waals surface area contributed by atoms with Crippen LogP contribution in [0.3, 0.4) is 0 Å². The molecule has 1 heterocycles. The zero-order chi connectivity index (χ0) is 19.9. The molecule has 2 aromatic carbocycles. The van der Waals surface area contributed by atoms with Gasteiger partial charge in [-0.1, -0.05) is 12.1 Å². The lowest BCUT2D eigenvalue weighted by molar-refractivity contribution is 0.107. The average molecular weight is 423 g/mol. The number of aromatic nitrogens is 3. The summed E-state index contributed by atoms with van der Waals surface area (Å²) in [5, 5.41) is 24.2. The highest BCUT2D eigenvalue weighted by Gasteiger charge is 2.11. The molecular formula is C20H27ClN4O4. The third-order valence-corrected chi connectivity index (χ3v) is 4.49. The second-order valence-electron chi connectivity index (χ2n) is 6.51. The molecule has 0 amide bonds. The Morgan fingerprint density at radius 1 is 1.03 bits per heavy atom. The Labute approximate surface area is 176 Å². The number of H-pyrrole nitrogens is 1. The maximum absolute atomic E-state index is 10.2. The van der Waals surface area contributed by atoms with Gasteiger partial charge < -0.3 is 24.6 Å². The van der Waals surface area contributed by atoms with Gasteiger partial charge in [-0.3, -0.25) is 0 Å². The number of ether oxygens (including phenoxy) is 3. The number of hydrogen-bond acceptors (Lipinski definition) is 7. The molecule has 0 saturated carbocycles. The van der Waals surface area contributed by atoms with Crippen LogP contribution >= 0.6 is 12.4 Å². The number of fused-ring (bicyclic) bond motifs is 1. The number of benzene rings is 2. The van der Waals surface area contributed by atoms with Crippen LogP contribution in [0.25, 0.3) is 11.0 Å². The van der Waals surface area contributed by atoms with Gasteiger partial charge in [-0.05, 0) is 49.2 Å². The van der Waals surface area contributed by atoms with Crippen LogP contribution in [0.4, 0.5) is 0 Å². The predicted molar refractivity (Wildman–Crippen MR) is 113 cm³/mol. The van der Waals surface area contributed by atoms with E-state index in [4.69, 9.17) is 14.2 Å². The van der Waals surface area contributed by atoms with Gasteiger partial charge in [-0.2, -0.15) is 15.4 Å². The van der Waals surface area contributed by atoms with Crippen molar-refractivity contribution in [2.75, 3.05) is 33.9 Å². The predicted octanol–water partition coefficient (Wildman–Crippen LogP) is 2.28. The van der Waals surface area contributed by atoms with E-state index >= 15 is 0 Å². The summed E-state index contributed by atoms with van der Waals surface area (Å²) in [6.07, 6.45) is 0.180. The van der Waals surface area contributed by atoms with E-state index in [9.17, 15) is 5.11 Å². The number of nitrogens with zero attached hydrogens (tertiary/aromatic N) is 2. The first-order chi connectivity index (χ1) is 13.6. The molecule has 9 heteroatoms. The molecule has 1 atom stereocenters. The van der Waals surface area contributed by atoms with Crippen LogP contribution in [0, 0.1) is 6.92 Å². The Hall–Kier alpha value is -2.55. The number of hydrogen-bond donors (Lipinski definition) is 3. The van der Waals surface area contributed by atoms with Crippen molar-refractivity contribution in [1.82, 2.24) is 20.7 Å². The standard InChI is InChI=1S/C20H26N4O4.ClH/c1-13-4-6-17(20-19(13)22-24-23-20)28-12-15(25)11-21-9-8-14-5-7-16(26-2)18(10-14)27-3;/h4-7,10,15,21,25H,8-9,11-12H2,1-3H3,(H,22,23,24);1H. The van der Waals surface area contributed by atoms with Crippen molar-refractivity contribution < 1.29 is 19.3 Å². The molecule has 0 aliphatic rings. The molecule has 0 fully saturated rings. The van der Waals surface area contributed by atoms with Gasteiger partial charge in [0.1, 0.15) is 24.0 Å². The number of rotatable bonds is 10. The highest BCUT2D eigenvalue weighted by atomic mass is 35.5. The summed E-state index contributed by atoms with van der Waals surface area (Å²) in [5.41, 5.74) is 3.60. The molecule has 0 aliphatic carbocycles. The lowest BCUT2D eigenvalue weighted by Crippen LogP contribution is -2.32. The molecule has 0 saturated heterocycles. The van der Waals surface area contributed by atoms with E-state index in [2.05, 4.69) is 20.7 Å². The van der Waals surface area contributed by atoms with E-state index in [-0.39, 0.29) is 19.0 Å². The second-order valence-corrected chi connectivity index (χ2v) is 6.51. The largest absolute Gasteiger partial charge is 0.493 e. The van der Waals surface area contributed by atoms with Gasteiger partial charge in [0.05, 0.1) is 14.2 Å². The Balaban J connectivity index is 0.00000300. The van der Waals surface area contributed by atoms with Gasteiger partial charge in [-0.25, -0.2) is 0 Å². The molecule has 1 unspecified atom stereocenters. The molecule has 158 valence electrons. The number of aryl methyl sites for hydroxylation is 1. The minimum absolute atomic E-state index is 0. The Morgan fingerprint density at radius 2 is 1.76 bits per heavy atom. The smallest absolute Gasteiger partial charge is 0.160 e. The highest BCUT2D eigenvalue weighted by molar-refractivity contribution is 5.85. The fourth-order valence-electron chi connectivity index (χ4n) is 2.94. The minimum atomic E-state index is -0.631. The average Bonchev–Trinajstić information content (AvgIpc) is 3.21. The summed E-state index contributed by atoms with van der Waals surface area (Å²) >= 11 is 0. The molecule has 3 N–H and O–H groups in total. The summed E-state index contributed by atoms with van der Waals surface area (Å²) in [4.78, 5) is 0. The van der Waals surface area contributed by atoms with Gasteiger partial charge in [0, 0.05) is 6.54 Å². The van der Waals surface area contributed by atoms with Crippen LogP contribution in [0.5, 0.6) is 17.2 Å². The molecule has 0 spiro atoms. The lowest BCUT2D eigenvalue weighted by atomic mass is 10.1. The third kappa shape index (κ3) is 5.72. The number of aromatic amines is 1. The summed E-state index contributed by atoms with van der Waals surface area (Å²) in [5.74, 6) is 2.04. The van der Waals surface area contributed by atoms with E-state index in [0.717, 1.165) is 29.6 Å². The molecule has 29 heavy (non-hydrogen) atoms. The Morgan fingerprint density at radius 3 is 2.52 bits per heavy atom. The number of aliphatic hydroxyl groups excluding tert-OH is 1. The van der Waals surface area contributed by atoms with E-state index in [1.165, 1.54) is 0 Å². The number of aliphatic hydroxyl groups is 1. The van der Waals surface area contributed by atoms with Crippen molar-refractivity contribution in [3.05, 3.63) is 41.5 Å². The lowest BCUT2D eigenvalue weighted by Gasteiger charge is -2.14. The zero-order valence-electron chi connectivity index (χ0n) is 16.8. The third-order valence-electron chi connectivity index (χ3n) is 4.49. The van der Waals surface area contributed by atoms with Crippen molar-refractivity contribution in [2.24, 2.45) is 0 Å². The highest BCUT2D eigenvalue weighted by Crippen LogP contribution is 2.27. The van der Waals surface area contributed by atoms with E-state index in [0.29, 0.717) is 29.3 Å². The fraction of sp³-hybridized carbons (Fsp3) is 0.400.